The third-order valence-electron chi connectivity index (χ3n) is 2.71. The molecule has 1 aromatic rings. The Bertz CT molecular complexity index is 412. The molecule has 1 amide bonds. The number of rotatable bonds is 6. The van der Waals surface area contributed by atoms with Gasteiger partial charge in [-0.2, -0.15) is 0 Å². The minimum Gasteiger partial charge on any atom is -0.352 e. The lowest BCUT2D eigenvalue weighted by atomic mass is 10.0. The molecule has 1 rings (SSSR count). The van der Waals surface area contributed by atoms with Crippen molar-refractivity contribution in [2.45, 2.75) is 32.7 Å². The van der Waals surface area contributed by atoms with Crippen molar-refractivity contribution in [1.82, 2.24) is 5.32 Å². The zero-order chi connectivity index (χ0) is 13.5. The first kappa shape index (κ1) is 14.4. The molecule has 18 heavy (non-hydrogen) atoms. The fourth-order valence-electron chi connectivity index (χ4n) is 1.52. The van der Waals surface area contributed by atoms with Gasteiger partial charge in [0.15, 0.2) is 5.78 Å². The van der Waals surface area contributed by atoms with Crippen molar-refractivity contribution in [3.05, 3.63) is 35.4 Å². The highest BCUT2D eigenvalue weighted by molar-refractivity contribution is 5.97. The number of hydrogen-bond donors (Lipinski definition) is 2. The number of aryl methyl sites for hydroxylation is 1. The van der Waals surface area contributed by atoms with Gasteiger partial charge < -0.3 is 11.1 Å². The molecule has 3 N–H and O–H groups in total. The van der Waals surface area contributed by atoms with Gasteiger partial charge in [0.25, 0.3) is 0 Å². The van der Waals surface area contributed by atoms with Crippen LogP contribution in [0.5, 0.6) is 0 Å². The lowest BCUT2D eigenvalue weighted by Gasteiger charge is -2.10. The van der Waals surface area contributed by atoms with Crippen molar-refractivity contribution in [3.63, 3.8) is 0 Å². The summed E-state index contributed by atoms with van der Waals surface area (Å²) in [6, 6.07) is 7.32. The molecule has 0 aliphatic carbocycles. The van der Waals surface area contributed by atoms with E-state index in [1.165, 1.54) is 0 Å². The quantitative estimate of drug-likeness (QED) is 0.748. The summed E-state index contributed by atoms with van der Waals surface area (Å²) in [4.78, 5) is 23.3. The van der Waals surface area contributed by atoms with Gasteiger partial charge in [0, 0.05) is 31.0 Å². The molecule has 0 bridgehead atoms. The highest BCUT2D eigenvalue weighted by atomic mass is 16.2. The Hall–Kier alpha value is -1.68. The number of nitrogens with one attached hydrogen (secondary N) is 1. The van der Waals surface area contributed by atoms with Crippen LogP contribution in [-0.2, 0) is 4.79 Å². The van der Waals surface area contributed by atoms with Crippen LogP contribution in [0, 0.1) is 6.92 Å². The minimum atomic E-state index is -0.131. The third-order valence-corrected chi connectivity index (χ3v) is 2.71. The largest absolute Gasteiger partial charge is 0.352 e. The maximum absolute atomic E-state index is 11.8. The van der Waals surface area contributed by atoms with Gasteiger partial charge in [0.1, 0.15) is 0 Å². The second-order valence-electron chi connectivity index (χ2n) is 4.49. The molecule has 4 heteroatoms. The molecule has 0 heterocycles. The van der Waals surface area contributed by atoms with Gasteiger partial charge in [-0.25, -0.2) is 0 Å². The first-order valence-corrected chi connectivity index (χ1v) is 6.12. The monoisotopic (exact) mass is 248 g/mol. The average molecular weight is 248 g/mol. The summed E-state index contributed by atoms with van der Waals surface area (Å²) in [5.74, 6) is -0.140. The normalized spacial score (nSPS) is 11.9. The molecule has 0 saturated heterocycles. The predicted octanol–water partition coefficient (Wildman–Crippen LogP) is 1.42. The Morgan fingerprint density at radius 1 is 1.22 bits per heavy atom. The molecule has 0 spiro atoms. The maximum atomic E-state index is 11.8. The highest BCUT2D eigenvalue weighted by Gasteiger charge is 2.10. The lowest BCUT2D eigenvalue weighted by molar-refractivity contribution is -0.121. The Morgan fingerprint density at radius 2 is 1.83 bits per heavy atom. The molecular formula is C14H20N2O2. The van der Waals surface area contributed by atoms with Crippen molar-refractivity contribution in [1.29, 1.82) is 0 Å². The smallest absolute Gasteiger partial charge is 0.220 e. The van der Waals surface area contributed by atoms with Gasteiger partial charge in [-0.05, 0) is 13.8 Å². The lowest BCUT2D eigenvalue weighted by Crippen LogP contribution is -2.37. The molecule has 0 aromatic heterocycles. The van der Waals surface area contributed by atoms with E-state index < -0.39 is 0 Å². The maximum Gasteiger partial charge on any atom is 0.220 e. The van der Waals surface area contributed by atoms with E-state index in [4.69, 9.17) is 5.73 Å². The van der Waals surface area contributed by atoms with E-state index >= 15 is 0 Å². The second kappa shape index (κ2) is 6.91. The van der Waals surface area contributed by atoms with Gasteiger partial charge in [-0.15, -0.1) is 0 Å². The first-order chi connectivity index (χ1) is 8.52. The summed E-state index contributed by atoms with van der Waals surface area (Å²) in [6.07, 6.45) is 0.434. The van der Waals surface area contributed by atoms with Crippen molar-refractivity contribution >= 4 is 11.7 Å². The summed E-state index contributed by atoms with van der Waals surface area (Å²) in [7, 11) is 0. The number of carbonyl (C=O) groups excluding carboxylic acids is 2. The van der Waals surface area contributed by atoms with E-state index in [1.54, 1.807) is 12.1 Å². The number of nitrogens with two attached hydrogens (primary N) is 1. The minimum absolute atomic E-state index is 0.00875. The van der Waals surface area contributed by atoms with Crippen LogP contribution in [0.3, 0.4) is 0 Å². The Balaban J connectivity index is 2.41. The predicted molar refractivity (Wildman–Crippen MR) is 71.4 cm³/mol. The van der Waals surface area contributed by atoms with Gasteiger partial charge in [-0.1, -0.05) is 29.8 Å². The van der Waals surface area contributed by atoms with E-state index in [1.807, 2.05) is 26.0 Å². The van der Waals surface area contributed by atoms with E-state index in [-0.39, 0.29) is 30.6 Å². The van der Waals surface area contributed by atoms with Crippen LogP contribution in [0.4, 0.5) is 0 Å². The number of hydrogen-bond acceptors (Lipinski definition) is 3. The van der Waals surface area contributed by atoms with E-state index in [9.17, 15) is 9.59 Å². The second-order valence-corrected chi connectivity index (χ2v) is 4.49. The summed E-state index contributed by atoms with van der Waals surface area (Å²) in [5, 5.41) is 2.73. The standard InChI is InChI=1S/C14H20N2O2/c1-10-3-5-12(6-4-10)13(17)7-8-14(18)16-11(2)9-15/h3-6,11H,7-9,15H2,1-2H3,(H,16,18)/t11-/m0/s1. The van der Waals surface area contributed by atoms with Crippen LogP contribution in [0.25, 0.3) is 0 Å². The fraction of sp³-hybridized carbons (Fsp3) is 0.429. The average Bonchev–Trinajstić information content (AvgIpc) is 2.36. The van der Waals surface area contributed by atoms with E-state index in [0.717, 1.165) is 5.56 Å². The number of benzene rings is 1. The van der Waals surface area contributed by atoms with E-state index in [0.29, 0.717) is 12.1 Å². The van der Waals surface area contributed by atoms with Gasteiger partial charge in [-0.3, -0.25) is 9.59 Å². The van der Waals surface area contributed by atoms with E-state index in [2.05, 4.69) is 5.32 Å². The Kier molecular flexibility index (Phi) is 5.52. The van der Waals surface area contributed by atoms with Gasteiger partial charge in [0.05, 0.1) is 0 Å². The summed E-state index contributed by atoms with van der Waals surface area (Å²) >= 11 is 0. The molecular weight excluding hydrogens is 228 g/mol. The summed E-state index contributed by atoms with van der Waals surface area (Å²) < 4.78 is 0. The molecule has 0 aliphatic rings. The van der Waals surface area contributed by atoms with Crippen molar-refractivity contribution in [2.24, 2.45) is 5.73 Å². The molecule has 1 atom stereocenters. The van der Waals surface area contributed by atoms with Crippen LogP contribution in [0.1, 0.15) is 35.7 Å². The Labute approximate surface area is 108 Å². The zero-order valence-electron chi connectivity index (χ0n) is 10.9. The molecule has 0 unspecified atom stereocenters. The van der Waals surface area contributed by atoms with Crippen LogP contribution < -0.4 is 11.1 Å². The van der Waals surface area contributed by atoms with Gasteiger partial charge in [0.2, 0.25) is 5.91 Å². The molecule has 4 nitrogen and oxygen atoms in total. The summed E-state index contributed by atoms with van der Waals surface area (Å²) in [6.45, 7) is 4.20. The molecule has 1 aromatic carbocycles. The molecule has 0 fully saturated rings. The number of amides is 1. The molecule has 98 valence electrons. The summed E-state index contributed by atoms with van der Waals surface area (Å²) in [5.41, 5.74) is 7.16. The zero-order valence-corrected chi connectivity index (χ0v) is 10.9. The van der Waals surface area contributed by atoms with Crippen molar-refractivity contribution < 1.29 is 9.59 Å². The van der Waals surface area contributed by atoms with Crippen LogP contribution >= 0.6 is 0 Å². The van der Waals surface area contributed by atoms with Crippen molar-refractivity contribution in [3.8, 4) is 0 Å². The number of ketones is 1. The molecule has 0 aliphatic heterocycles. The number of carbonyl (C=O) groups is 2. The van der Waals surface area contributed by atoms with Gasteiger partial charge >= 0.3 is 0 Å². The molecule has 0 saturated carbocycles. The van der Waals surface area contributed by atoms with Crippen LogP contribution in [-0.4, -0.2) is 24.3 Å². The highest BCUT2D eigenvalue weighted by Crippen LogP contribution is 2.07. The Morgan fingerprint density at radius 3 is 2.39 bits per heavy atom. The third kappa shape index (κ3) is 4.67. The fourth-order valence-corrected chi connectivity index (χ4v) is 1.52. The molecule has 0 radical (unpaired) electrons. The van der Waals surface area contributed by atoms with Crippen LogP contribution in [0.15, 0.2) is 24.3 Å². The topological polar surface area (TPSA) is 72.2 Å². The first-order valence-electron chi connectivity index (χ1n) is 6.12. The SMILES string of the molecule is Cc1ccc(C(=O)CCC(=O)N[C@@H](C)CN)cc1. The number of Topliss-reactive ketones (excluding diaryl/α,β-unsaturated/α-hetero) is 1. The van der Waals surface area contributed by atoms with Crippen molar-refractivity contribution in [2.75, 3.05) is 6.54 Å². The van der Waals surface area contributed by atoms with Crippen LogP contribution in [0.2, 0.25) is 0 Å².